The Labute approximate surface area is 201 Å². The summed E-state index contributed by atoms with van der Waals surface area (Å²) in [6.45, 7) is 5.19. The van der Waals surface area contributed by atoms with Crippen molar-refractivity contribution in [2.45, 2.75) is 38.8 Å². The van der Waals surface area contributed by atoms with Gasteiger partial charge in [-0.2, -0.15) is 0 Å². The molecule has 0 aliphatic carbocycles. The summed E-state index contributed by atoms with van der Waals surface area (Å²) >= 11 is 0. The minimum atomic E-state index is -0.406. The van der Waals surface area contributed by atoms with Crippen LogP contribution in [0, 0.1) is 10.1 Å². The molecule has 0 spiro atoms. The van der Waals surface area contributed by atoms with Gasteiger partial charge in [0, 0.05) is 56.7 Å². The number of para-hydroxylation sites is 1. The molecule has 2 rings (SSSR count). The molecular formula is C24H34ClN3O5. The Morgan fingerprint density at radius 3 is 2.45 bits per heavy atom. The summed E-state index contributed by atoms with van der Waals surface area (Å²) in [6, 6.07) is 16.7. The van der Waals surface area contributed by atoms with Gasteiger partial charge >= 0.3 is 5.97 Å². The van der Waals surface area contributed by atoms with E-state index in [4.69, 9.17) is 9.47 Å². The highest BCUT2D eigenvalue weighted by Crippen LogP contribution is 2.16. The number of ether oxygens (including phenoxy) is 2. The van der Waals surface area contributed by atoms with E-state index in [0.29, 0.717) is 32.8 Å². The molecule has 0 aliphatic rings. The molecule has 0 amide bonds. The van der Waals surface area contributed by atoms with Gasteiger partial charge in [0.25, 0.3) is 5.69 Å². The summed E-state index contributed by atoms with van der Waals surface area (Å²) in [5.41, 5.74) is 2.06. The zero-order valence-electron chi connectivity index (χ0n) is 19.3. The first-order chi connectivity index (χ1) is 15.5. The third kappa shape index (κ3) is 11.1. The number of carbonyl (C=O) groups excluding carboxylic acids is 1. The third-order valence-electron chi connectivity index (χ3n) is 5.08. The van der Waals surface area contributed by atoms with Gasteiger partial charge in [0.1, 0.15) is 0 Å². The Morgan fingerprint density at radius 1 is 1.15 bits per heavy atom. The molecule has 1 N–H and O–H groups in total. The quantitative estimate of drug-likeness (QED) is 0.171. The highest BCUT2D eigenvalue weighted by molar-refractivity contribution is 5.85. The fourth-order valence-corrected chi connectivity index (χ4v) is 3.43. The van der Waals surface area contributed by atoms with Crippen LogP contribution >= 0.6 is 12.4 Å². The topological polar surface area (TPSA) is 93.9 Å². The van der Waals surface area contributed by atoms with E-state index >= 15 is 0 Å². The van der Waals surface area contributed by atoms with Crippen molar-refractivity contribution in [2.24, 2.45) is 0 Å². The Balaban J connectivity index is 0.00000544. The average Bonchev–Trinajstić information content (AvgIpc) is 2.81. The maximum atomic E-state index is 11.8. The molecule has 0 saturated heterocycles. The van der Waals surface area contributed by atoms with E-state index in [1.54, 1.807) is 12.1 Å². The van der Waals surface area contributed by atoms with Gasteiger partial charge in [0.05, 0.1) is 18.5 Å². The first kappa shape index (κ1) is 28.4. The molecule has 0 heterocycles. The molecule has 0 bridgehead atoms. The van der Waals surface area contributed by atoms with Crippen molar-refractivity contribution in [3.63, 3.8) is 0 Å². The lowest BCUT2D eigenvalue weighted by Crippen LogP contribution is -2.38. The fraction of sp³-hybridized carbons (Fsp3) is 0.458. The predicted molar refractivity (Wildman–Crippen MR) is 132 cm³/mol. The fourth-order valence-electron chi connectivity index (χ4n) is 3.43. The third-order valence-corrected chi connectivity index (χ3v) is 5.08. The van der Waals surface area contributed by atoms with Crippen molar-refractivity contribution in [1.82, 2.24) is 4.90 Å². The van der Waals surface area contributed by atoms with Crippen LogP contribution in [0.5, 0.6) is 0 Å². The van der Waals surface area contributed by atoms with Crippen LogP contribution in [-0.4, -0.2) is 55.2 Å². The Morgan fingerprint density at radius 2 is 1.85 bits per heavy atom. The second kappa shape index (κ2) is 16.0. The predicted octanol–water partition coefficient (Wildman–Crippen LogP) is 4.68. The zero-order chi connectivity index (χ0) is 23.2. The van der Waals surface area contributed by atoms with Crippen molar-refractivity contribution in [2.75, 3.05) is 38.7 Å². The van der Waals surface area contributed by atoms with Gasteiger partial charge in [-0.15, -0.1) is 12.4 Å². The van der Waals surface area contributed by atoms with Gasteiger partial charge < -0.3 is 14.8 Å². The number of nitro groups is 1. The lowest BCUT2D eigenvalue weighted by Gasteiger charge is -2.29. The van der Waals surface area contributed by atoms with Crippen LogP contribution in [0.15, 0.2) is 54.6 Å². The number of methoxy groups -OCH3 is 1. The molecule has 1 unspecified atom stereocenters. The van der Waals surface area contributed by atoms with E-state index in [9.17, 15) is 14.9 Å². The summed E-state index contributed by atoms with van der Waals surface area (Å²) in [7, 11) is 1.39. The highest BCUT2D eigenvalue weighted by atomic mass is 35.5. The zero-order valence-corrected chi connectivity index (χ0v) is 20.1. The summed E-state index contributed by atoms with van der Waals surface area (Å²) in [5, 5.41) is 14.5. The Bertz CT molecular complexity index is 821. The van der Waals surface area contributed by atoms with E-state index in [-0.39, 0.29) is 36.5 Å². The minimum absolute atomic E-state index is 0. The molecule has 0 aliphatic heterocycles. The number of nitrogens with zero attached hydrogens (tertiary/aromatic N) is 2. The number of hydrogen-bond donors (Lipinski definition) is 1. The molecule has 2 aromatic carbocycles. The van der Waals surface area contributed by atoms with E-state index in [0.717, 1.165) is 24.1 Å². The number of benzene rings is 2. The maximum absolute atomic E-state index is 11.8. The molecule has 8 nitrogen and oxygen atoms in total. The largest absolute Gasteiger partial charge is 0.469 e. The van der Waals surface area contributed by atoms with E-state index in [1.807, 2.05) is 37.3 Å². The second-order valence-corrected chi connectivity index (χ2v) is 7.53. The number of anilines is 1. The molecule has 0 aromatic heterocycles. The molecule has 0 radical (unpaired) electrons. The summed E-state index contributed by atoms with van der Waals surface area (Å²) in [4.78, 5) is 24.5. The van der Waals surface area contributed by atoms with Crippen molar-refractivity contribution in [3.8, 4) is 0 Å². The van der Waals surface area contributed by atoms with Crippen LogP contribution in [-0.2, 0) is 20.8 Å². The van der Waals surface area contributed by atoms with Crippen molar-refractivity contribution in [3.05, 3.63) is 70.3 Å². The van der Waals surface area contributed by atoms with Crippen LogP contribution in [0.1, 0.15) is 31.7 Å². The number of carbonyl (C=O) groups is 1. The number of nitro benzene ring substituents is 1. The van der Waals surface area contributed by atoms with Gasteiger partial charge in [-0.25, -0.2) is 0 Å². The number of non-ortho nitro benzene ring substituents is 1. The first-order valence-electron chi connectivity index (χ1n) is 10.9. The molecule has 0 saturated carbocycles. The summed E-state index contributed by atoms with van der Waals surface area (Å²) < 4.78 is 10.3. The molecule has 33 heavy (non-hydrogen) atoms. The number of rotatable bonds is 15. The maximum Gasteiger partial charge on any atom is 0.306 e. The SMILES string of the molecule is CCOCCCC(CN(CCC(=O)OC)Cc1ccc([N+](=O)[O-])cc1)Nc1ccccc1.Cl. The van der Waals surface area contributed by atoms with Crippen LogP contribution in [0.25, 0.3) is 0 Å². The first-order valence-corrected chi connectivity index (χ1v) is 10.9. The van der Waals surface area contributed by atoms with Gasteiger partial charge in [-0.1, -0.05) is 30.3 Å². The average molecular weight is 480 g/mol. The van der Waals surface area contributed by atoms with Gasteiger partial charge in [0.2, 0.25) is 0 Å². The van der Waals surface area contributed by atoms with Gasteiger partial charge in [0.15, 0.2) is 0 Å². The van der Waals surface area contributed by atoms with Crippen LogP contribution in [0.3, 0.4) is 0 Å². The number of nitrogens with one attached hydrogen (secondary N) is 1. The van der Waals surface area contributed by atoms with E-state index in [1.165, 1.54) is 19.2 Å². The summed E-state index contributed by atoms with van der Waals surface area (Å²) in [5.74, 6) is -0.261. The standard InChI is InChI=1S/C24H33N3O5.ClH/c1-3-32-17-7-10-22(25-21-8-5-4-6-9-21)19-26(16-15-24(28)31-2)18-20-11-13-23(14-12-20)27(29)30;/h4-6,8-9,11-14,22,25H,3,7,10,15-19H2,1-2H3;1H. The molecule has 0 fully saturated rings. The van der Waals surface area contributed by atoms with Crippen molar-refractivity contribution in [1.29, 1.82) is 0 Å². The van der Waals surface area contributed by atoms with Crippen LogP contribution in [0.4, 0.5) is 11.4 Å². The van der Waals surface area contributed by atoms with Gasteiger partial charge in [-0.3, -0.25) is 19.8 Å². The lowest BCUT2D eigenvalue weighted by atomic mass is 10.1. The van der Waals surface area contributed by atoms with Crippen LogP contribution in [0.2, 0.25) is 0 Å². The Hall–Kier alpha value is -2.68. The molecule has 182 valence electrons. The number of esters is 1. The molecule has 1 atom stereocenters. The second-order valence-electron chi connectivity index (χ2n) is 7.53. The summed E-state index contributed by atoms with van der Waals surface area (Å²) in [6.07, 6.45) is 2.10. The van der Waals surface area contributed by atoms with E-state index < -0.39 is 4.92 Å². The minimum Gasteiger partial charge on any atom is -0.469 e. The van der Waals surface area contributed by atoms with E-state index in [2.05, 4.69) is 10.2 Å². The van der Waals surface area contributed by atoms with Crippen molar-refractivity contribution >= 4 is 29.8 Å². The number of halogens is 1. The number of hydrogen-bond acceptors (Lipinski definition) is 7. The molecule has 2 aromatic rings. The Kier molecular flexibility index (Phi) is 13.8. The van der Waals surface area contributed by atoms with Gasteiger partial charge in [-0.05, 0) is 37.5 Å². The smallest absolute Gasteiger partial charge is 0.306 e. The monoisotopic (exact) mass is 479 g/mol. The molecular weight excluding hydrogens is 446 g/mol. The highest BCUT2D eigenvalue weighted by Gasteiger charge is 2.17. The van der Waals surface area contributed by atoms with Crippen molar-refractivity contribution < 1.29 is 19.2 Å². The van der Waals surface area contributed by atoms with Crippen LogP contribution < -0.4 is 5.32 Å². The normalized spacial score (nSPS) is 11.5. The molecule has 9 heteroatoms. The lowest BCUT2D eigenvalue weighted by molar-refractivity contribution is -0.384.